The molecule has 0 saturated heterocycles. The molecule has 162 valence electrons. The lowest BCUT2D eigenvalue weighted by Gasteiger charge is -2.37. The number of ether oxygens (including phenoxy) is 1. The molecule has 1 aromatic rings. The van der Waals surface area contributed by atoms with Gasteiger partial charge in [-0.05, 0) is 92.7 Å². The highest BCUT2D eigenvalue weighted by atomic mass is 19.4. The van der Waals surface area contributed by atoms with E-state index in [0.29, 0.717) is 0 Å². The van der Waals surface area contributed by atoms with E-state index in [1.165, 1.54) is 63.5 Å². The summed E-state index contributed by atoms with van der Waals surface area (Å²) in [4.78, 5) is 0. The fourth-order valence-electron chi connectivity index (χ4n) is 5.33. The van der Waals surface area contributed by atoms with E-state index in [1.807, 2.05) is 0 Å². The minimum absolute atomic E-state index is 0.550. The number of rotatable bonds is 7. The van der Waals surface area contributed by atoms with Crippen molar-refractivity contribution in [3.05, 3.63) is 47.5 Å². The Labute approximate surface area is 173 Å². The number of halogens is 3. The summed E-state index contributed by atoms with van der Waals surface area (Å²) in [6.07, 6.45) is 12.9. The lowest BCUT2D eigenvalue weighted by atomic mass is 9.68. The van der Waals surface area contributed by atoms with Gasteiger partial charge in [0, 0.05) is 7.11 Å². The molecule has 3 rings (SSSR count). The Hall–Kier alpha value is -1.29. The van der Waals surface area contributed by atoms with Crippen molar-refractivity contribution in [3.63, 3.8) is 0 Å². The summed E-state index contributed by atoms with van der Waals surface area (Å²) in [6.45, 7) is 0.719. The lowest BCUT2D eigenvalue weighted by Crippen LogP contribution is -2.25. The predicted octanol–water partition coefficient (Wildman–Crippen LogP) is 7.45. The molecule has 2 aliphatic rings. The van der Waals surface area contributed by atoms with Crippen LogP contribution in [0.2, 0.25) is 0 Å². The molecular weight excluding hydrogens is 373 g/mol. The van der Waals surface area contributed by atoms with Crippen molar-refractivity contribution >= 4 is 0 Å². The molecule has 1 aromatic carbocycles. The Bertz CT molecular complexity index is 618. The lowest BCUT2D eigenvalue weighted by molar-refractivity contribution is -0.137. The van der Waals surface area contributed by atoms with E-state index in [-0.39, 0.29) is 0 Å². The first-order chi connectivity index (χ1) is 14.0. The highest BCUT2D eigenvalue weighted by Crippen LogP contribution is 2.42. The molecule has 4 heteroatoms. The second-order valence-corrected chi connectivity index (χ2v) is 9.07. The van der Waals surface area contributed by atoms with Crippen LogP contribution in [0.3, 0.4) is 0 Å². The summed E-state index contributed by atoms with van der Waals surface area (Å²) < 4.78 is 43.1. The highest BCUT2D eigenvalue weighted by Gasteiger charge is 2.31. The molecule has 0 aliphatic heterocycles. The average Bonchev–Trinajstić information content (AvgIpc) is 2.73. The van der Waals surface area contributed by atoms with Gasteiger partial charge in [-0.3, -0.25) is 0 Å². The van der Waals surface area contributed by atoms with Crippen LogP contribution in [-0.2, 0) is 17.3 Å². The summed E-state index contributed by atoms with van der Waals surface area (Å²) in [5.41, 5.74) is 0.477. The largest absolute Gasteiger partial charge is 0.416 e. The van der Waals surface area contributed by atoms with Crippen molar-refractivity contribution in [2.24, 2.45) is 23.7 Å². The van der Waals surface area contributed by atoms with Crippen LogP contribution in [0.5, 0.6) is 0 Å². The Balaban J connectivity index is 1.36. The summed E-state index contributed by atoms with van der Waals surface area (Å²) in [5, 5.41) is 0. The first kappa shape index (κ1) is 22.4. The summed E-state index contributed by atoms with van der Waals surface area (Å²) in [5.74, 6) is 3.27. The zero-order valence-electron chi connectivity index (χ0n) is 17.6. The number of hydrogen-bond acceptors (Lipinski definition) is 1. The second kappa shape index (κ2) is 10.7. The maximum atomic E-state index is 12.7. The van der Waals surface area contributed by atoms with E-state index in [4.69, 9.17) is 4.74 Å². The van der Waals surface area contributed by atoms with Gasteiger partial charge in [0.2, 0.25) is 0 Å². The zero-order valence-corrected chi connectivity index (χ0v) is 17.6. The van der Waals surface area contributed by atoms with E-state index >= 15 is 0 Å². The third kappa shape index (κ3) is 6.87. The molecule has 2 fully saturated rings. The van der Waals surface area contributed by atoms with Gasteiger partial charge in [-0.2, -0.15) is 13.2 Å². The summed E-state index contributed by atoms with van der Waals surface area (Å²) in [7, 11) is 1.74. The molecule has 2 aliphatic carbocycles. The van der Waals surface area contributed by atoms with E-state index in [9.17, 15) is 13.2 Å². The Morgan fingerprint density at radius 3 is 2.03 bits per heavy atom. The van der Waals surface area contributed by atoms with Crippen LogP contribution >= 0.6 is 0 Å². The van der Waals surface area contributed by atoms with Crippen LogP contribution in [0.1, 0.15) is 68.9 Å². The third-order valence-corrected chi connectivity index (χ3v) is 7.17. The van der Waals surface area contributed by atoms with Gasteiger partial charge in [0.1, 0.15) is 0 Å². The van der Waals surface area contributed by atoms with E-state index < -0.39 is 11.7 Å². The van der Waals surface area contributed by atoms with Crippen molar-refractivity contribution in [3.8, 4) is 0 Å². The van der Waals surface area contributed by atoms with Crippen molar-refractivity contribution in [2.75, 3.05) is 13.7 Å². The van der Waals surface area contributed by atoms with Crippen molar-refractivity contribution in [1.82, 2.24) is 0 Å². The number of aryl methyl sites for hydroxylation is 1. The van der Waals surface area contributed by atoms with Gasteiger partial charge in [-0.15, -0.1) is 0 Å². The van der Waals surface area contributed by atoms with Gasteiger partial charge in [0.05, 0.1) is 12.2 Å². The average molecular weight is 409 g/mol. The van der Waals surface area contributed by atoms with Gasteiger partial charge in [-0.25, -0.2) is 0 Å². The molecule has 0 radical (unpaired) electrons. The Morgan fingerprint density at radius 1 is 0.897 bits per heavy atom. The smallest absolute Gasteiger partial charge is 0.381 e. The van der Waals surface area contributed by atoms with Crippen LogP contribution in [0.15, 0.2) is 36.4 Å². The molecule has 0 atom stereocenters. The highest BCUT2D eigenvalue weighted by molar-refractivity contribution is 5.24. The molecule has 2 saturated carbocycles. The maximum absolute atomic E-state index is 12.7. The van der Waals surface area contributed by atoms with Crippen LogP contribution in [-0.4, -0.2) is 13.7 Å². The van der Waals surface area contributed by atoms with E-state index in [0.717, 1.165) is 48.7 Å². The molecule has 0 spiro atoms. The molecule has 0 bridgehead atoms. The molecular formula is C25H35F3O. The fourth-order valence-corrected chi connectivity index (χ4v) is 5.33. The fraction of sp³-hybridized carbons (Fsp3) is 0.680. The van der Waals surface area contributed by atoms with E-state index in [2.05, 4.69) is 12.2 Å². The minimum atomic E-state index is -4.24. The quantitative estimate of drug-likeness (QED) is 0.426. The molecule has 0 unspecified atom stereocenters. The number of methoxy groups -OCH3 is 1. The van der Waals surface area contributed by atoms with Gasteiger partial charge >= 0.3 is 6.18 Å². The first-order valence-corrected chi connectivity index (χ1v) is 11.3. The summed E-state index contributed by atoms with van der Waals surface area (Å²) in [6, 6.07) is 5.72. The molecule has 0 heterocycles. The molecule has 0 amide bonds. The molecule has 1 nitrogen and oxygen atoms in total. The standard InChI is InChI=1S/C25H35F3O/c1-29-18-2-3-19-6-12-22(13-7-19)23-14-8-20(9-15-23)4-5-21-10-16-24(17-11-21)25(26,27)28/h2-3,10-11,16-17,19-20,22-23H,4-9,12-15,18H2,1H3. The van der Waals surface area contributed by atoms with E-state index in [1.54, 1.807) is 19.2 Å². The molecule has 29 heavy (non-hydrogen) atoms. The second-order valence-electron chi connectivity index (χ2n) is 9.07. The number of hydrogen-bond donors (Lipinski definition) is 0. The Morgan fingerprint density at radius 2 is 1.48 bits per heavy atom. The third-order valence-electron chi connectivity index (χ3n) is 7.17. The monoisotopic (exact) mass is 408 g/mol. The number of alkyl halides is 3. The SMILES string of the molecule is COCC=CC1CCC(C2CCC(CCc3ccc(C(F)(F)F)cc3)CC2)CC1. The first-order valence-electron chi connectivity index (χ1n) is 11.3. The molecule has 0 aromatic heterocycles. The van der Waals surface area contributed by atoms with Crippen molar-refractivity contribution < 1.29 is 17.9 Å². The summed E-state index contributed by atoms with van der Waals surface area (Å²) >= 11 is 0. The van der Waals surface area contributed by atoms with Crippen LogP contribution in [0.25, 0.3) is 0 Å². The van der Waals surface area contributed by atoms with Crippen LogP contribution in [0, 0.1) is 23.7 Å². The van der Waals surface area contributed by atoms with Crippen LogP contribution in [0.4, 0.5) is 13.2 Å². The van der Waals surface area contributed by atoms with Gasteiger partial charge < -0.3 is 4.74 Å². The minimum Gasteiger partial charge on any atom is -0.381 e. The number of allylic oxidation sites excluding steroid dienone is 1. The van der Waals surface area contributed by atoms with Crippen molar-refractivity contribution in [1.29, 1.82) is 0 Å². The maximum Gasteiger partial charge on any atom is 0.416 e. The van der Waals surface area contributed by atoms with Gasteiger partial charge in [0.15, 0.2) is 0 Å². The van der Waals surface area contributed by atoms with Crippen LogP contribution < -0.4 is 0 Å². The normalized spacial score (nSPS) is 28.7. The topological polar surface area (TPSA) is 9.23 Å². The van der Waals surface area contributed by atoms with Gasteiger partial charge in [-0.1, -0.05) is 37.1 Å². The Kier molecular flexibility index (Phi) is 8.23. The number of benzene rings is 1. The molecule has 0 N–H and O–H groups in total. The predicted molar refractivity (Wildman–Crippen MR) is 112 cm³/mol. The van der Waals surface area contributed by atoms with Gasteiger partial charge in [0.25, 0.3) is 0 Å². The van der Waals surface area contributed by atoms with Crippen molar-refractivity contribution in [2.45, 2.75) is 70.4 Å². The zero-order chi connectivity index (χ0) is 20.7.